The van der Waals surface area contributed by atoms with Crippen LogP contribution in [0.3, 0.4) is 0 Å². The fraction of sp³-hybridized carbons (Fsp3) is 0.381. The van der Waals surface area contributed by atoms with Gasteiger partial charge in [0.15, 0.2) is 0 Å². The number of nitrogens with one attached hydrogen (secondary N) is 2. The molecule has 8 nitrogen and oxygen atoms in total. The van der Waals surface area contributed by atoms with Crippen LogP contribution in [0.2, 0.25) is 0 Å². The summed E-state index contributed by atoms with van der Waals surface area (Å²) >= 11 is 0. The molecule has 1 heterocycles. The molecule has 2 amide bonds. The highest BCUT2D eigenvalue weighted by Gasteiger charge is 2.32. The van der Waals surface area contributed by atoms with Crippen LogP contribution in [0.25, 0.3) is 11.3 Å². The highest BCUT2D eigenvalue weighted by Crippen LogP contribution is 2.16. The molecule has 0 bridgehead atoms. The number of amides is 2. The average molecular weight is 413 g/mol. The molecule has 1 aromatic carbocycles. The minimum Gasteiger partial charge on any atom is -0.426 e. The van der Waals surface area contributed by atoms with Gasteiger partial charge in [0, 0.05) is 5.56 Å². The highest BCUT2D eigenvalue weighted by molar-refractivity contribution is 6.43. The summed E-state index contributed by atoms with van der Waals surface area (Å²) in [4.78, 5) is 29.6. The van der Waals surface area contributed by atoms with E-state index in [9.17, 15) is 24.7 Å². The van der Waals surface area contributed by atoms with E-state index in [0.717, 1.165) is 5.56 Å². The summed E-state index contributed by atoms with van der Waals surface area (Å²) in [5, 5.41) is 34.0. The largest absolute Gasteiger partial charge is 0.475 e. The molecule has 2 unspecified atom stereocenters. The number of rotatable bonds is 9. The van der Waals surface area contributed by atoms with Crippen molar-refractivity contribution in [3.63, 3.8) is 0 Å². The van der Waals surface area contributed by atoms with E-state index in [1.165, 1.54) is 13.0 Å². The van der Waals surface area contributed by atoms with Gasteiger partial charge in [-0.2, -0.15) is 0 Å². The van der Waals surface area contributed by atoms with Crippen LogP contribution in [0.5, 0.6) is 0 Å². The topological polar surface area (TPSA) is 132 Å². The van der Waals surface area contributed by atoms with E-state index in [4.69, 9.17) is 0 Å². The number of carbonyl (C=O) groups is 2. The highest BCUT2D eigenvalue weighted by atomic mass is 16.4. The molecule has 3 atom stereocenters. The second kappa shape index (κ2) is 10.9. The van der Waals surface area contributed by atoms with Crippen LogP contribution in [0, 0.1) is 5.92 Å². The number of hydrogen-bond donors (Lipinski definition) is 5. The molecule has 2 rings (SSSR count). The Morgan fingerprint density at radius 2 is 1.67 bits per heavy atom. The summed E-state index contributed by atoms with van der Waals surface area (Å²) < 4.78 is 0. The Hall–Kier alpha value is -2.75. The number of benzene rings is 1. The summed E-state index contributed by atoms with van der Waals surface area (Å²) in [6.45, 7) is 5.12. The molecule has 0 spiro atoms. The third-order valence-electron chi connectivity index (χ3n) is 4.52. The number of hydrogen-bond acceptors (Lipinski definition) is 6. The molecule has 0 saturated heterocycles. The third-order valence-corrected chi connectivity index (χ3v) is 4.52. The molecule has 1 aromatic heterocycles. The molecule has 2 aromatic rings. The minimum absolute atomic E-state index is 0.0933. The van der Waals surface area contributed by atoms with Gasteiger partial charge >= 0.3 is 7.12 Å². The lowest BCUT2D eigenvalue weighted by molar-refractivity contribution is -0.125. The Labute approximate surface area is 176 Å². The zero-order valence-electron chi connectivity index (χ0n) is 17.3. The molecule has 160 valence electrons. The van der Waals surface area contributed by atoms with Crippen molar-refractivity contribution in [2.45, 2.75) is 45.3 Å². The van der Waals surface area contributed by atoms with E-state index in [2.05, 4.69) is 15.6 Å². The summed E-state index contributed by atoms with van der Waals surface area (Å²) in [5.74, 6) is -2.16. The molecule has 9 heteroatoms. The normalized spacial score (nSPS) is 14.0. The van der Waals surface area contributed by atoms with Crippen LogP contribution in [0.15, 0.2) is 48.5 Å². The Balaban J connectivity index is 2.14. The van der Waals surface area contributed by atoms with E-state index in [1.807, 2.05) is 44.2 Å². The van der Waals surface area contributed by atoms with E-state index in [0.29, 0.717) is 12.1 Å². The van der Waals surface area contributed by atoms with Gasteiger partial charge in [-0.3, -0.25) is 9.59 Å². The third kappa shape index (κ3) is 6.65. The monoisotopic (exact) mass is 413 g/mol. The Kier molecular flexibility index (Phi) is 8.52. The fourth-order valence-electron chi connectivity index (χ4n) is 2.99. The second-order valence-electron chi connectivity index (χ2n) is 7.62. The number of aliphatic hydroxyl groups excluding tert-OH is 1. The first-order valence-electron chi connectivity index (χ1n) is 9.87. The SMILES string of the molecule is CC(C)C[C@H](NC(=O)C(NC(=O)c1cccc(-c2ccccc2)n1)C(C)O)B(O)O. The first-order valence-corrected chi connectivity index (χ1v) is 9.87. The van der Waals surface area contributed by atoms with Crippen LogP contribution in [0.4, 0.5) is 0 Å². The van der Waals surface area contributed by atoms with Gasteiger partial charge in [0.05, 0.1) is 17.7 Å². The van der Waals surface area contributed by atoms with Gasteiger partial charge in [0.1, 0.15) is 11.7 Å². The van der Waals surface area contributed by atoms with Gasteiger partial charge in [-0.1, -0.05) is 50.2 Å². The first-order chi connectivity index (χ1) is 14.2. The Morgan fingerprint density at radius 1 is 1.00 bits per heavy atom. The Bertz CT molecular complexity index is 846. The van der Waals surface area contributed by atoms with Gasteiger partial charge in [0.2, 0.25) is 5.91 Å². The molecule has 0 saturated carbocycles. The zero-order valence-corrected chi connectivity index (χ0v) is 17.3. The lowest BCUT2D eigenvalue weighted by Crippen LogP contribution is -2.57. The number of aliphatic hydroxyl groups is 1. The molecule has 0 aliphatic carbocycles. The van der Waals surface area contributed by atoms with Crippen molar-refractivity contribution in [3.8, 4) is 11.3 Å². The fourth-order valence-corrected chi connectivity index (χ4v) is 2.99. The summed E-state index contributed by atoms with van der Waals surface area (Å²) in [7, 11) is -1.76. The van der Waals surface area contributed by atoms with Crippen molar-refractivity contribution < 1.29 is 24.7 Å². The average Bonchev–Trinajstić information content (AvgIpc) is 2.71. The molecular weight excluding hydrogens is 385 g/mol. The van der Waals surface area contributed by atoms with Crippen LogP contribution in [-0.4, -0.2) is 57.2 Å². The summed E-state index contributed by atoms with van der Waals surface area (Å²) in [5.41, 5.74) is 1.53. The van der Waals surface area contributed by atoms with Crippen molar-refractivity contribution in [3.05, 3.63) is 54.2 Å². The van der Waals surface area contributed by atoms with Crippen molar-refractivity contribution in [1.82, 2.24) is 15.6 Å². The first kappa shape index (κ1) is 23.5. The number of nitrogens with zero attached hydrogens (tertiary/aromatic N) is 1. The summed E-state index contributed by atoms with van der Waals surface area (Å²) in [6.07, 6.45) is -0.883. The maximum atomic E-state index is 12.7. The van der Waals surface area contributed by atoms with E-state index >= 15 is 0 Å². The number of pyridine rings is 1. The van der Waals surface area contributed by atoms with Crippen LogP contribution in [-0.2, 0) is 4.79 Å². The van der Waals surface area contributed by atoms with E-state index in [1.54, 1.807) is 12.1 Å². The molecule has 0 fully saturated rings. The van der Waals surface area contributed by atoms with Gasteiger partial charge in [-0.15, -0.1) is 0 Å². The number of aromatic nitrogens is 1. The van der Waals surface area contributed by atoms with Crippen LogP contribution in [0.1, 0.15) is 37.7 Å². The van der Waals surface area contributed by atoms with Crippen molar-refractivity contribution in [2.24, 2.45) is 5.92 Å². The van der Waals surface area contributed by atoms with Gasteiger partial charge in [0.25, 0.3) is 5.91 Å². The standard InChI is InChI=1S/C21H28BN3O5/c1-13(2)12-18(22(29)30)24-21(28)19(14(3)26)25-20(27)17-11-7-10-16(23-17)15-8-5-4-6-9-15/h4-11,13-14,18-19,26,29-30H,12H2,1-3H3,(H,24,28)(H,25,27)/t14?,18-,19?/m0/s1. The van der Waals surface area contributed by atoms with Gasteiger partial charge in [-0.05, 0) is 31.4 Å². The molecule has 0 aliphatic rings. The molecule has 0 radical (unpaired) electrons. The predicted molar refractivity (Wildman–Crippen MR) is 114 cm³/mol. The van der Waals surface area contributed by atoms with Gasteiger partial charge in [-0.25, -0.2) is 4.98 Å². The molecule has 30 heavy (non-hydrogen) atoms. The van der Waals surface area contributed by atoms with E-state index < -0.39 is 37.0 Å². The molecular formula is C21H28BN3O5. The lowest BCUT2D eigenvalue weighted by Gasteiger charge is -2.25. The van der Waals surface area contributed by atoms with Crippen molar-refractivity contribution >= 4 is 18.9 Å². The minimum atomic E-state index is -1.76. The summed E-state index contributed by atoms with van der Waals surface area (Å²) in [6, 6.07) is 13.0. The van der Waals surface area contributed by atoms with Crippen molar-refractivity contribution in [2.75, 3.05) is 0 Å². The smallest absolute Gasteiger partial charge is 0.426 e. The van der Waals surface area contributed by atoms with Crippen LogP contribution < -0.4 is 10.6 Å². The maximum absolute atomic E-state index is 12.7. The second-order valence-corrected chi connectivity index (χ2v) is 7.62. The maximum Gasteiger partial charge on any atom is 0.475 e. The zero-order chi connectivity index (χ0) is 22.3. The van der Waals surface area contributed by atoms with Crippen molar-refractivity contribution in [1.29, 1.82) is 0 Å². The van der Waals surface area contributed by atoms with Crippen LogP contribution >= 0.6 is 0 Å². The molecule has 0 aliphatic heterocycles. The predicted octanol–water partition coefficient (Wildman–Crippen LogP) is 0.771. The van der Waals surface area contributed by atoms with Gasteiger partial charge < -0.3 is 25.8 Å². The van der Waals surface area contributed by atoms with E-state index in [-0.39, 0.29) is 11.6 Å². The number of carbonyl (C=O) groups excluding carboxylic acids is 2. The Morgan fingerprint density at radius 3 is 2.23 bits per heavy atom. The lowest BCUT2D eigenvalue weighted by atomic mass is 9.75. The molecule has 5 N–H and O–H groups in total. The quantitative estimate of drug-likeness (QED) is 0.386.